The summed E-state index contributed by atoms with van der Waals surface area (Å²) in [5.74, 6) is 0.116. The van der Waals surface area contributed by atoms with Gasteiger partial charge in [-0.1, -0.05) is 15.9 Å². The summed E-state index contributed by atoms with van der Waals surface area (Å²) in [5, 5.41) is 9.98. The summed E-state index contributed by atoms with van der Waals surface area (Å²) in [6.45, 7) is 3.18. The van der Waals surface area contributed by atoms with Gasteiger partial charge in [0.05, 0.1) is 10.9 Å². The first-order valence-electron chi connectivity index (χ1n) is 4.11. The first kappa shape index (κ1) is 9.99. The third-order valence-corrected chi connectivity index (χ3v) is 2.79. The van der Waals surface area contributed by atoms with Crippen molar-refractivity contribution in [1.29, 1.82) is 0 Å². The Kier molecular flexibility index (Phi) is 3.12. The van der Waals surface area contributed by atoms with E-state index in [1.165, 1.54) is 0 Å². The number of amides is 1. The molecule has 1 heterocycles. The zero-order chi connectivity index (χ0) is 9.19. The van der Waals surface area contributed by atoms with Crippen molar-refractivity contribution in [2.24, 2.45) is 0 Å². The molecule has 0 saturated carbocycles. The molecule has 0 aromatic heterocycles. The number of hydrogen-bond donors (Lipinski definition) is 1. The van der Waals surface area contributed by atoms with Gasteiger partial charge in [-0.2, -0.15) is 0 Å². The summed E-state index contributed by atoms with van der Waals surface area (Å²) in [6.07, 6.45) is 1.37. The van der Waals surface area contributed by atoms with Gasteiger partial charge in [0.2, 0.25) is 5.91 Å². The average Bonchev–Trinajstić information content (AvgIpc) is 2.03. The highest BCUT2D eigenvalue weighted by Gasteiger charge is 2.28. The van der Waals surface area contributed by atoms with Crippen molar-refractivity contribution >= 4 is 21.8 Å². The molecule has 0 aliphatic carbocycles. The van der Waals surface area contributed by atoms with E-state index in [0.29, 0.717) is 31.3 Å². The van der Waals surface area contributed by atoms with Gasteiger partial charge in [-0.3, -0.25) is 4.79 Å². The Hall–Kier alpha value is -0.0900. The number of carbonyl (C=O) groups is 1. The minimum Gasteiger partial charge on any atom is -0.390 e. The molecule has 4 heteroatoms. The van der Waals surface area contributed by atoms with Gasteiger partial charge in [-0.15, -0.1) is 0 Å². The molecule has 0 bridgehead atoms. The van der Waals surface area contributed by atoms with Crippen LogP contribution < -0.4 is 0 Å². The molecular weight excluding hydrogens is 222 g/mol. The first-order valence-corrected chi connectivity index (χ1v) is 5.23. The van der Waals surface area contributed by atoms with Crippen LogP contribution in [0.4, 0.5) is 0 Å². The van der Waals surface area contributed by atoms with Crippen molar-refractivity contribution in [3.05, 3.63) is 0 Å². The molecule has 0 aromatic carbocycles. The molecule has 0 radical (unpaired) electrons. The highest BCUT2D eigenvalue weighted by molar-refractivity contribution is 9.09. The Bertz CT molecular complexity index is 172. The van der Waals surface area contributed by atoms with Crippen molar-refractivity contribution in [2.45, 2.75) is 25.4 Å². The number of piperidine rings is 1. The molecule has 0 aromatic rings. The normalized spacial score (nSPS) is 22.4. The summed E-state index contributed by atoms with van der Waals surface area (Å²) in [7, 11) is 0. The SMILES string of the molecule is CC1(O)CCN(C(=O)CBr)CC1. The number of aliphatic hydroxyl groups is 1. The fourth-order valence-corrected chi connectivity index (χ4v) is 1.68. The van der Waals surface area contributed by atoms with Crippen molar-refractivity contribution in [3.8, 4) is 0 Å². The lowest BCUT2D eigenvalue weighted by atomic mass is 9.94. The van der Waals surface area contributed by atoms with Crippen molar-refractivity contribution < 1.29 is 9.90 Å². The van der Waals surface area contributed by atoms with Crippen LogP contribution in [0.25, 0.3) is 0 Å². The maximum absolute atomic E-state index is 11.2. The molecule has 0 atom stereocenters. The van der Waals surface area contributed by atoms with Gasteiger partial charge in [-0.05, 0) is 19.8 Å². The fraction of sp³-hybridized carbons (Fsp3) is 0.875. The van der Waals surface area contributed by atoms with Gasteiger partial charge in [-0.25, -0.2) is 0 Å². The Balaban J connectivity index is 2.41. The van der Waals surface area contributed by atoms with Crippen molar-refractivity contribution in [2.75, 3.05) is 18.4 Å². The fourth-order valence-electron chi connectivity index (χ4n) is 1.32. The number of halogens is 1. The van der Waals surface area contributed by atoms with E-state index in [4.69, 9.17) is 0 Å². The van der Waals surface area contributed by atoms with Crippen LogP contribution in [0.3, 0.4) is 0 Å². The van der Waals surface area contributed by atoms with Gasteiger partial charge in [0.1, 0.15) is 0 Å². The van der Waals surface area contributed by atoms with Crippen LogP contribution in [0.15, 0.2) is 0 Å². The lowest BCUT2D eigenvalue weighted by Gasteiger charge is -2.35. The van der Waals surface area contributed by atoms with Gasteiger partial charge >= 0.3 is 0 Å². The topological polar surface area (TPSA) is 40.5 Å². The molecule has 12 heavy (non-hydrogen) atoms. The van der Waals surface area contributed by atoms with Crippen LogP contribution in [0.1, 0.15) is 19.8 Å². The van der Waals surface area contributed by atoms with E-state index >= 15 is 0 Å². The summed E-state index contributed by atoms with van der Waals surface area (Å²) >= 11 is 3.13. The van der Waals surface area contributed by atoms with E-state index in [0.717, 1.165) is 0 Å². The molecule has 1 saturated heterocycles. The van der Waals surface area contributed by atoms with Crippen LogP contribution in [-0.2, 0) is 4.79 Å². The van der Waals surface area contributed by atoms with Gasteiger partial charge < -0.3 is 10.0 Å². The lowest BCUT2D eigenvalue weighted by Crippen LogP contribution is -2.45. The van der Waals surface area contributed by atoms with E-state index < -0.39 is 5.60 Å². The summed E-state index contributed by atoms with van der Waals surface area (Å²) in [6, 6.07) is 0. The molecule has 1 amide bonds. The van der Waals surface area contributed by atoms with E-state index in [9.17, 15) is 9.90 Å². The molecule has 3 nitrogen and oxygen atoms in total. The third-order valence-electron chi connectivity index (χ3n) is 2.31. The van der Waals surface area contributed by atoms with Crippen molar-refractivity contribution in [3.63, 3.8) is 0 Å². The molecule has 1 fully saturated rings. The third kappa shape index (κ3) is 2.45. The molecule has 1 aliphatic heterocycles. The highest BCUT2D eigenvalue weighted by Crippen LogP contribution is 2.21. The van der Waals surface area contributed by atoms with E-state index in [2.05, 4.69) is 15.9 Å². The molecular formula is C8H14BrNO2. The molecule has 1 N–H and O–H groups in total. The Labute approximate surface area is 80.9 Å². The Morgan fingerprint density at radius 1 is 1.58 bits per heavy atom. The summed E-state index contributed by atoms with van der Waals surface area (Å²) < 4.78 is 0. The second-order valence-corrected chi connectivity index (χ2v) is 4.07. The van der Waals surface area contributed by atoms with E-state index in [-0.39, 0.29) is 5.91 Å². The van der Waals surface area contributed by atoms with Crippen LogP contribution >= 0.6 is 15.9 Å². The standard InChI is InChI=1S/C8H14BrNO2/c1-8(12)2-4-10(5-3-8)7(11)6-9/h12H,2-6H2,1H3. The number of nitrogens with zero attached hydrogens (tertiary/aromatic N) is 1. The Morgan fingerprint density at radius 3 is 2.50 bits per heavy atom. The molecule has 0 unspecified atom stereocenters. The second kappa shape index (κ2) is 3.75. The van der Waals surface area contributed by atoms with Crippen LogP contribution in [-0.4, -0.2) is 39.9 Å². The number of hydrogen-bond acceptors (Lipinski definition) is 2. The first-order chi connectivity index (χ1) is 5.55. The maximum atomic E-state index is 11.2. The summed E-state index contributed by atoms with van der Waals surface area (Å²) in [4.78, 5) is 13.0. The largest absolute Gasteiger partial charge is 0.390 e. The predicted molar refractivity (Wildman–Crippen MR) is 50.2 cm³/mol. The van der Waals surface area contributed by atoms with E-state index in [1.54, 1.807) is 4.90 Å². The van der Waals surface area contributed by atoms with Gasteiger partial charge in [0.15, 0.2) is 0 Å². The minimum absolute atomic E-state index is 0.116. The van der Waals surface area contributed by atoms with E-state index in [1.807, 2.05) is 6.92 Å². The lowest BCUT2D eigenvalue weighted by molar-refractivity contribution is -0.131. The van der Waals surface area contributed by atoms with Gasteiger partial charge in [0.25, 0.3) is 0 Å². The van der Waals surface area contributed by atoms with Crippen LogP contribution in [0, 0.1) is 0 Å². The van der Waals surface area contributed by atoms with Crippen LogP contribution in [0.2, 0.25) is 0 Å². The minimum atomic E-state index is -0.566. The van der Waals surface area contributed by atoms with Crippen molar-refractivity contribution in [1.82, 2.24) is 4.90 Å². The zero-order valence-corrected chi connectivity index (χ0v) is 8.80. The number of carbonyl (C=O) groups excluding carboxylic acids is 1. The molecule has 1 rings (SSSR count). The summed E-state index contributed by atoms with van der Waals surface area (Å²) in [5.41, 5.74) is -0.566. The maximum Gasteiger partial charge on any atom is 0.233 e. The zero-order valence-electron chi connectivity index (χ0n) is 7.22. The molecule has 0 spiro atoms. The highest BCUT2D eigenvalue weighted by atomic mass is 79.9. The Morgan fingerprint density at radius 2 is 2.08 bits per heavy atom. The number of rotatable bonds is 1. The molecule has 70 valence electrons. The number of alkyl halides is 1. The predicted octanol–water partition coefficient (Wildman–Crippen LogP) is 0.755. The monoisotopic (exact) mass is 235 g/mol. The smallest absolute Gasteiger partial charge is 0.233 e. The van der Waals surface area contributed by atoms with Gasteiger partial charge in [0, 0.05) is 13.1 Å². The number of likely N-dealkylation sites (tertiary alicyclic amines) is 1. The second-order valence-electron chi connectivity index (χ2n) is 3.51. The quantitative estimate of drug-likeness (QED) is 0.682. The van der Waals surface area contributed by atoms with Crippen LogP contribution in [0.5, 0.6) is 0 Å². The average molecular weight is 236 g/mol. The molecule has 1 aliphatic rings.